The van der Waals surface area contributed by atoms with Crippen molar-refractivity contribution in [1.82, 2.24) is 4.98 Å². The van der Waals surface area contributed by atoms with Crippen molar-refractivity contribution in [2.45, 2.75) is 27.4 Å². The van der Waals surface area contributed by atoms with Gasteiger partial charge in [0.2, 0.25) is 0 Å². The minimum atomic E-state index is 0.399. The Morgan fingerprint density at radius 1 is 0.824 bits per heavy atom. The Balaban J connectivity index is 1.69. The van der Waals surface area contributed by atoms with Gasteiger partial charge in [-0.05, 0) is 61.7 Å². The van der Waals surface area contributed by atoms with Crippen LogP contribution in [0.1, 0.15) is 29.2 Å². The first-order valence-corrected chi connectivity index (χ1v) is 11.0. The second-order valence-electron chi connectivity index (χ2n) is 8.00. The largest absolute Gasteiger partial charge is 0.493 e. The SMILES string of the molecule is COc1cc2nccc(Oc3cc(C)c(C)cc3C(C)=NOCc3ccccc3)c2cc1OC. The van der Waals surface area contributed by atoms with Crippen LogP contribution in [0.25, 0.3) is 10.9 Å². The molecule has 0 radical (unpaired) electrons. The molecule has 1 aromatic heterocycles. The summed E-state index contributed by atoms with van der Waals surface area (Å²) in [5, 5.41) is 5.18. The van der Waals surface area contributed by atoms with E-state index >= 15 is 0 Å². The first-order chi connectivity index (χ1) is 16.5. The molecule has 34 heavy (non-hydrogen) atoms. The predicted molar refractivity (Wildman–Crippen MR) is 134 cm³/mol. The summed E-state index contributed by atoms with van der Waals surface area (Å²) in [7, 11) is 3.21. The minimum Gasteiger partial charge on any atom is -0.493 e. The molecule has 1 heterocycles. The maximum absolute atomic E-state index is 6.44. The van der Waals surface area contributed by atoms with Crippen LogP contribution in [-0.2, 0) is 11.4 Å². The summed E-state index contributed by atoms with van der Waals surface area (Å²) < 4.78 is 17.3. The van der Waals surface area contributed by atoms with E-state index in [0.717, 1.165) is 38.9 Å². The lowest BCUT2D eigenvalue weighted by Gasteiger charge is -2.16. The number of aromatic nitrogens is 1. The molecule has 0 aliphatic carbocycles. The predicted octanol–water partition coefficient (Wildman–Crippen LogP) is 6.60. The van der Waals surface area contributed by atoms with E-state index in [1.165, 1.54) is 0 Å². The minimum absolute atomic E-state index is 0.399. The van der Waals surface area contributed by atoms with E-state index in [-0.39, 0.29) is 0 Å². The van der Waals surface area contributed by atoms with Crippen molar-refractivity contribution in [2.75, 3.05) is 14.2 Å². The second-order valence-corrected chi connectivity index (χ2v) is 8.00. The van der Waals surface area contributed by atoms with Gasteiger partial charge in [0.1, 0.15) is 18.1 Å². The van der Waals surface area contributed by atoms with Gasteiger partial charge in [-0.15, -0.1) is 0 Å². The molecule has 0 amide bonds. The summed E-state index contributed by atoms with van der Waals surface area (Å²) in [4.78, 5) is 10.1. The van der Waals surface area contributed by atoms with Gasteiger partial charge >= 0.3 is 0 Å². The number of benzene rings is 3. The Labute approximate surface area is 199 Å². The van der Waals surface area contributed by atoms with Crippen LogP contribution >= 0.6 is 0 Å². The summed E-state index contributed by atoms with van der Waals surface area (Å²) >= 11 is 0. The number of fused-ring (bicyclic) bond motifs is 1. The quantitative estimate of drug-likeness (QED) is 0.221. The molecular formula is C28H28N2O4. The number of hydrogen-bond donors (Lipinski definition) is 0. The lowest BCUT2D eigenvalue weighted by atomic mass is 10.0. The van der Waals surface area contributed by atoms with Crippen molar-refractivity contribution in [3.63, 3.8) is 0 Å². The maximum atomic E-state index is 6.44. The van der Waals surface area contributed by atoms with Crippen molar-refractivity contribution in [3.8, 4) is 23.0 Å². The summed E-state index contributed by atoms with van der Waals surface area (Å²) in [6.07, 6.45) is 1.72. The number of rotatable bonds is 8. The highest BCUT2D eigenvalue weighted by molar-refractivity contribution is 6.01. The third-order valence-corrected chi connectivity index (χ3v) is 5.69. The molecule has 0 saturated heterocycles. The average Bonchev–Trinajstić information content (AvgIpc) is 2.86. The van der Waals surface area contributed by atoms with Gasteiger partial charge in [-0.3, -0.25) is 4.98 Å². The van der Waals surface area contributed by atoms with Crippen LogP contribution in [0.3, 0.4) is 0 Å². The fraction of sp³-hybridized carbons (Fsp3) is 0.214. The molecule has 6 heteroatoms. The van der Waals surface area contributed by atoms with Crippen LogP contribution in [0.5, 0.6) is 23.0 Å². The first-order valence-electron chi connectivity index (χ1n) is 11.0. The monoisotopic (exact) mass is 456 g/mol. The Bertz CT molecular complexity index is 1330. The highest BCUT2D eigenvalue weighted by Crippen LogP contribution is 2.38. The Hall–Kier alpha value is -4.06. The van der Waals surface area contributed by atoms with E-state index < -0.39 is 0 Å². The van der Waals surface area contributed by atoms with Gasteiger partial charge in [0.25, 0.3) is 0 Å². The number of nitrogens with zero attached hydrogens (tertiary/aromatic N) is 2. The molecule has 6 nitrogen and oxygen atoms in total. The van der Waals surface area contributed by atoms with E-state index in [9.17, 15) is 0 Å². The molecule has 174 valence electrons. The molecule has 0 unspecified atom stereocenters. The van der Waals surface area contributed by atoms with Gasteiger partial charge < -0.3 is 19.0 Å². The van der Waals surface area contributed by atoms with E-state index in [4.69, 9.17) is 19.0 Å². The number of oxime groups is 1. The number of ether oxygens (including phenoxy) is 3. The molecular weight excluding hydrogens is 428 g/mol. The number of hydrogen-bond acceptors (Lipinski definition) is 6. The topological polar surface area (TPSA) is 62.2 Å². The first kappa shape index (κ1) is 23.1. The zero-order valence-electron chi connectivity index (χ0n) is 20.1. The van der Waals surface area contributed by atoms with Gasteiger partial charge in [0.05, 0.1) is 25.4 Å². The van der Waals surface area contributed by atoms with Gasteiger partial charge in [0, 0.05) is 23.2 Å². The second kappa shape index (κ2) is 10.3. The van der Waals surface area contributed by atoms with Gasteiger partial charge in [-0.25, -0.2) is 0 Å². The van der Waals surface area contributed by atoms with Crippen LogP contribution in [0.2, 0.25) is 0 Å². The fourth-order valence-electron chi connectivity index (χ4n) is 3.64. The van der Waals surface area contributed by atoms with Crippen molar-refractivity contribution < 1.29 is 19.0 Å². The van der Waals surface area contributed by atoms with E-state index in [0.29, 0.717) is 29.6 Å². The zero-order valence-corrected chi connectivity index (χ0v) is 20.1. The molecule has 0 spiro atoms. The van der Waals surface area contributed by atoms with Crippen LogP contribution < -0.4 is 14.2 Å². The number of methoxy groups -OCH3 is 2. The van der Waals surface area contributed by atoms with E-state index in [1.54, 1.807) is 20.4 Å². The maximum Gasteiger partial charge on any atom is 0.162 e. The molecule has 0 N–H and O–H groups in total. The lowest BCUT2D eigenvalue weighted by molar-refractivity contribution is 0.130. The normalized spacial score (nSPS) is 11.4. The molecule has 0 aliphatic rings. The molecule has 3 aromatic carbocycles. The van der Waals surface area contributed by atoms with Crippen LogP contribution in [-0.4, -0.2) is 24.9 Å². The van der Waals surface area contributed by atoms with Crippen molar-refractivity contribution >= 4 is 16.6 Å². The average molecular weight is 457 g/mol. The molecule has 4 rings (SSSR count). The lowest BCUT2D eigenvalue weighted by Crippen LogP contribution is -2.03. The van der Waals surface area contributed by atoms with Crippen molar-refractivity contribution in [2.24, 2.45) is 5.16 Å². The Kier molecular flexibility index (Phi) is 6.97. The summed E-state index contributed by atoms with van der Waals surface area (Å²) in [5.74, 6) is 2.58. The Morgan fingerprint density at radius 2 is 1.53 bits per heavy atom. The zero-order chi connectivity index (χ0) is 24.1. The molecule has 4 aromatic rings. The van der Waals surface area contributed by atoms with Crippen LogP contribution in [0.15, 0.2) is 72.0 Å². The van der Waals surface area contributed by atoms with Gasteiger partial charge in [0.15, 0.2) is 11.5 Å². The molecule has 0 bridgehead atoms. The number of pyridine rings is 1. The smallest absolute Gasteiger partial charge is 0.162 e. The van der Waals surface area contributed by atoms with Gasteiger partial charge in [-0.2, -0.15) is 0 Å². The fourth-order valence-corrected chi connectivity index (χ4v) is 3.64. The third kappa shape index (κ3) is 4.96. The standard InChI is InChI=1S/C28H28N2O4/c1-18-13-22(20(3)30-33-17-21-9-7-6-8-10-21)26(14-19(18)2)34-25-11-12-29-24-16-28(32-5)27(31-4)15-23(24)25/h6-16H,17H2,1-5H3. The molecule has 0 saturated carbocycles. The van der Waals surface area contributed by atoms with Crippen LogP contribution in [0.4, 0.5) is 0 Å². The molecule has 0 aliphatic heterocycles. The Morgan fingerprint density at radius 3 is 2.26 bits per heavy atom. The van der Waals surface area contributed by atoms with E-state index in [1.807, 2.05) is 61.5 Å². The third-order valence-electron chi connectivity index (χ3n) is 5.69. The van der Waals surface area contributed by atoms with Gasteiger partial charge in [-0.1, -0.05) is 35.5 Å². The highest BCUT2D eigenvalue weighted by Gasteiger charge is 2.15. The number of aryl methyl sites for hydroxylation is 2. The molecule has 0 fully saturated rings. The van der Waals surface area contributed by atoms with Crippen molar-refractivity contribution in [3.05, 3.63) is 89.1 Å². The summed E-state index contributed by atoms with van der Waals surface area (Å²) in [6.45, 7) is 6.44. The highest BCUT2D eigenvalue weighted by atomic mass is 16.6. The molecule has 0 atom stereocenters. The summed E-state index contributed by atoms with van der Waals surface area (Å²) in [5.41, 5.74) is 5.66. The van der Waals surface area contributed by atoms with Crippen molar-refractivity contribution in [1.29, 1.82) is 0 Å². The van der Waals surface area contributed by atoms with E-state index in [2.05, 4.69) is 30.1 Å². The van der Waals surface area contributed by atoms with Crippen LogP contribution in [0, 0.1) is 13.8 Å². The summed E-state index contributed by atoms with van der Waals surface area (Å²) in [6, 6.07) is 19.6.